The van der Waals surface area contributed by atoms with Crippen molar-refractivity contribution in [3.63, 3.8) is 0 Å². The van der Waals surface area contributed by atoms with E-state index in [0.29, 0.717) is 5.69 Å². The maximum Gasteiger partial charge on any atom is 0.124 e. The van der Waals surface area contributed by atoms with Crippen molar-refractivity contribution in [2.45, 2.75) is 20.8 Å². The van der Waals surface area contributed by atoms with Crippen LogP contribution < -0.4 is 5.73 Å². The van der Waals surface area contributed by atoms with Gasteiger partial charge in [-0.15, -0.1) is 0 Å². The summed E-state index contributed by atoms with van der Waals surface area (Å²) in [5.41, 5.74) is 12.1. The Bertz CT molecular complexity index is 923. The number of phenolic OH excluding ortho intramolecular Hbond substituents is 1. The van der Waals surface area contributed by atoms with E-state index in [4.69, 9.17) is 5.73 Å². The van der Waals surface area contributed by atoms with Crippen molar-refractivity contribution in [3.05, 3.63) is 65.2 Å². The molecule has 0 fully saturated rings. The number of aromatic hydroxyl groups is 1. The van der Waals surface area contributed by atoms with Crippen LogP contribution >= 0.6 is 0 Å². The number of anilines is 1. The molecule has 2 nitrogen and oxygen atoms in total. The number of nitrogen functional groups attached to an aromatic ring is 1. The summed E-state index contributed by atoms with van der Waals surface area (Å²) in [6.07, 6.45) is 4.00. The van der Waals surface area contributed by atoms with Crippen molar-refractivity contribution in [3.8, 4) is 16.9 Å². The van der Waals surface area contributed by atoms with Crippen LogP contribution in [0.25, 0.3) is 28.0 Å². The van der Waals surface area contributed by atoms with Gasteiger partial charge >= 0.3 is 0 Å². The van der Waals surface area contributed by atoms with E-state index in [1.807, 2.05) is 50.3 Å². The summed E-state index contributed by atoms with van der Waals surface area (Å²) in [7, 11) is 0. The Morgan fingerprint density at radius 2 is 1.65 bits per heavy atom. The molecule has 23 heavy (non-hydrogen) atoms. The third-order valence-electron chi connectivity index (χ3n) is 4.34. The molecule has 0 heterocycles. The minimum Gasteiger partial charge on any atom is -0.507 e. The maximum atomic E-state index is 10.5. The first-order chi connectivity index (χ1) is 11.0. The number of hydrogen-bond acceptors (Lipinski definition) is 2. The number of benzene rings is 3. The Kier molecular flexibility index (Phi) is 3.83. The zero-order chi connectivity index (χ0) is 16.6. The summed E-state index contributed by atoms with van der Waals surface area (Å²) in [6, 6.07) is 13.9. The summed E-state index contributed by atoms with van der Waals surface area (Å²) in [5, 5.41) is 12.7. The van der Waals surface area contributed by atoms with Gasteiger partial charge in [-0.2, -0.15) is 0 Å². The van der Waals surface area contributed by atoms with Crippen molar-refractivity contribution in [2.24, 2.45) is 0 Å². The quantitative estimate of drug-likeness (QED) is 0.619. The highest BCUT2D eigenvalue weighted by Gasteiger charge is 2.16. The lowest BCUT2D eigenvalue weighted by Gasteiger charge is -2.17. The van der Waals surface area contributed by atoms with Gasteiger partial charge in [0.05, 0.1) is 0 Å². The van der Waals surface area contributed by atoms with Gasteiger partial charge in [0.25, 0.3) is 0 Å². The molecule has 3 N–H and O–H groups in total. The standard InChI is InChI=1S/C21H21NO/c1-4-7-16-13(2)10-11-19(23)20(16)18-12-14(3)15-8-5-6-9-17(15)21(18)22/h4-12,23H,22H2,1-3H3/b7-4-. The third kappa shape index (κ3) is 2.46. The topological polar surface area (TPSA) is 46.2 Å². The molecule has 3 aromatic rings. The van der Waals surface area contributed by atoms with Gasteiger partial charge in [0, 0.05) is 22.2 Å². The van der Waals surface area contributed by atoms with Crippen molar-refractivity contribution in [2.75, 3.05) is 5.73 Å². The summed E-state index contributed by atoms with van der Waals surface area (Å²) in [5.74, 6) is 0.255. The molecule has 0 radical (unpaired) electrons. The second-order valence-electron chi connectivity index (χ2n) is 5.89. The van der Waals surface area contributed by atoms with E-state index in [0.717, 1.165) is 38.6 Å². The minimum atomic E-state index is 0.255. The van der Waals surface area contributed by atoms with Gasteiger partial charge in [0.15, 0.2) is 0 Å². The molecular formula is C21H21NO. The molecule has 0 bridgehead atoms. The average molecular weight is 303 g/mol. The molecule has 0 atom stereocenters. The zero-order valence-corrected chi connectivity index (χ0v) is 13.7. The highest BCUT2D eigenvalue weighted by Crippen LogP contribution is 2.42. The molecule has 3 rings (SSSR count). The second-order valence-corrected chi connectivity index (χ2v) is 5.89. The third-order valence-corrected chi connectivity index (χ3v) is 4.34. The lowest BCUT2D eigenvalue weighted by Crippen LogP contribution is -1.97. The SMILES string of the molecule is C/C=C\c1c(C)ccc(O)c1-c1cc(C)c2ccccc2c1N. The Balaban J connectivity index is 2.43. The van der Waals surface area contributed by atoms with Gasteiger partial charge in [0.1, 0.15) is 5.75 Å². The van der Waals surface area contributed by atoms with Gasteiger partial charge in [-0.1, -0.05) is 42.5 Å². The van der Waals surface area contributed by atoms with Crippen LogP contribution in [0, 0.1) is 13.8 Å². The van der Waals surface area contributed by atoms with E-state index in [9.17, 15) is 5.11 Å². The molecule has 0 amide bonds. The molecule has 0 aliphatic rings. The van der Waals surface area contributed by atoms with Crippen LogP contribution in [0.4, 0.5) is 5.69 Å². The summed E-state index contributed by atoms with van der Waals surface area (Å²) >= 11 is 0. The zero-order valence-electron chi connectivity index (χ0n) is 13.7. The van der Waals surface area contributed by atoms with Gasteiger partial charge in [-0.05, 0) is 55.0 Å². The van der Waals surface area contributed by atoms with Crippen molar-refractivity contribution in [1.29, 1.82) is 0 Å². The molecule has 0 aliphatic heterocycles. The number of allylic oxidation sites excluding steroid dienone is 1. The highest BCUT2D eigenvalue weighted by molar-refractivity contribution is 6.04. The molecule has 0 spiro atoms. The second kappa shape index (κ2) is 5.81. The van der Waals surface area contributed by atoms with Crippen molar-refractivity contribution in [1.82, 2.24) is 0 Å². The molecule has 0 unspecified atom stereocenters. The molecule has 3 aromatic carbocycles. The largest absolute Gasteiger partial charge is 0.507 e. The van der Waals surface area contributed by atoms with E-state index in [-0.39, 0.29) is 5.75 Å². The Morgan fingerprint density at radius 1 is 0.957 bits per heavy atom. The lowest BCUT2D eigenvalue weighted by molar-refractivity contribution is 0.477. The van der Waals surface area contributed by atoms with Crippen LogP contribution in [-0.4, -0.2) is 5.11 Å². The number of rotatable bonds is 2. The highest BCUT2D eigenvalue weighted by atomic mass is 16.3. The van der Waals surface area contributed by atoms with E-state index in [1.165, 1.54) is 0 Å². The Hall–Kier alpha value is -2.74. The molecule has 0 saturated heterocycles. The fourth-order valence-corrected chi connectivity index (χ4v) is 3.16. The van der Waals surface area contributed by atoms with Crippen LogP contribution in [-0.2, 0) is 0 Å². The lowest BCUT2D eigenvalue weighted by atomic mass is 9.90. The molecule has 116 valence electrons. The first-order valence-corrected chi connectivity index (χ1v) is 7.78. The van der Waals surface area contributed by atoms with E-state index in [2.05, 4.69) is 19.1 Å². The molecule has 0 aromatic heterocycles. The van der Waals surface area contributed by atoms with E-state index in [1.54, 1.807) is 6.07 Å². The fourth-order valence-electron chi connectivity index (χ4n) is 3.16. The van der Waals surface area contributed by atoms with Crippen LogP contribution in [0.5, 0.6) is 5.75 Å². The van der Waals surface area contributed by atoms with Crippen molar-refractivity contribution >= 4 is 22.5 Å². The Morgan fingerprint density at radius 3 is 2.35 bits per heavy atom. The van der Waals surface area contributed by atoms with Crippen LogP contribution in [0.2, 0.25) is 0 Å². The monoisotopic (exact) mass is 303 g/mol. The smallest absolute Gasteiger partial charge is 0.124 e. The van der Waals surface area contributed by atoms with Gasteiger partial charge in [0.2, 0.25) is 0 Å². The number of fused-ring (bicyclic) bond motifs is 1. The first kappa shape index (κ1) is 15.2. The molecular weight excluding hydrogens is 282 g/mol. The van der Waals surface area contributed by atoms with Crippen molar-refractivity contribution < 1.29 is 5.11 Å². The van der Waals surface area contributed by atoms with Gasteiger partial charge in [-0.3, -0.25) is 0 Å². The van der Waals surface area contributed by atoms with E-state index < -0.39 is 0 Å². The number of aryl methyl sites for hydroxylation is 2. The summed E-state index contributed by atoms with van der Waals surface area (Å²) in [4.78, 5) is 0. The van der Waals surface area contributed by atoms with Crippen LogP contribution in [0.3, 0.4) is 0 Å². The average Bonchev–Trinajstić information content (AvgIpc) is 2.55. The first-order valence-electron chi connectivity index (χ1n) is 7.78. The fraction of sp³-hybridized carbons (Fsp3) is 0.143. The number of phenols is 1. The summed E-state index contributed by atoms with van der Waals surface area (Å²) in [6.45, 7) is 6.10. The Labute approximate surface area is 136 Å². The molecule has 0 saturated carbocycles. The van der Waals surface area contributed by atoms with Crippen LogP contribution in [0.15, 0.2) is 48.5 Å². The summed E-state index contributed by atoms with van der Waals surface area (Å²) < 4.78 is 0. The predicted octanol–water partition coefficient (Wildman–Crippen LogP) is 5.44. The molecule has 0 aliphatic carbocycles. The maximum absolute atomic E-state index is 10.5. The normalized spacial score (nSPS) is 11.4. The minimum absolute atomic E-state index is 0.255. The predicted molar refractivity (Wildman–Crippen MR) is 99.6 cm³/mol. The van der Waals surface area contributed by atoms with Crippen LogP contribution in [0.1, 0.15) is 23.6 Å². The number of hydrogen-bond donors (Lipinski definition) is 2. The van der Waals surface area contributed by atoms with Gasteiger partial charge in [-0.25, -0.2) is 0 Å². The van der Waals surface area contributed by atoms with Gasteiger partial charge < -0.3 is 10.8 Å². The molecule has 2 heteroatoms. The van der Waals surface area contributed by atoms with E-state index >= 15 is 0 Å². The number of nitrogens with two attached hydrogens (primary N) is 1.